The second-order valence-corrected chi connectivity index (χ2v) is 21.4. The van der Waals surface area contributed by atoms with Gasteiger partial charge in [-0.25, -0.2) is 0 Å². The summed E-state index contributed by atoms with van der Waals surface area (Å²) in [7, 11) is 4.37. The van der Waals surface area contributed by atoms with Crippen LogP contribution in [-0.4, -0.2) is 78.5 Å². The number of aliphatic carboxylic acids is 1. The first-order valence-electron chi connectivity index (χ1n) is 21.2. The number of carbonyl (C=O) groups is 3. The minimum Gasteiger partial charge on any atom is -0.481 e. The molecule has 6 aliphatic rings. The van der Waals surface area contributed by atoms with Crippen molar-refractivity contribution in [1.29, 1.82) is 0 Å². The molecular formula is C45H74N2O5. The first-order chi connectivity index (χ1) is 24.1. The maximum Gasteiger partial charge on any atom is 0.309 e. The molecule has 0 aliphatic heterocycles. The molecule has 0 aromatic heterocycles. The molecule has 0 aromatic carbocycles. The van der Waals surface area contributed by atoms with Gasteiger partial charge in [0.2, 0.25) is 0 Å². The highest BCUT2D eigenvalue weighted by atomic mass is 16.5. The molecule has 8 atom stereocenters. The van der Waals surface area contributed by atoms with Crippen molar-refractivity contribution in [2.75, 3.05) is 33.7 Å². The molecule has 6 aliphatic carbocycles. The summed E-state index contributed by atoms with van der Waals surface area (Å²) in [6, 6.07) is 0.712. The average molecular weight is 723 g/mol. The largest absolute Gasteiger partial charge is 0.481 e. The number of likely N-dealkylation sites (N-methyl/N-ethyl adjacent to an activating group) is 1. The van der Waals surface area contributed by atoms with Crippen LogP contribution in [0.2, 0.25) is 0 Å². The number of ether oxygens (including phenoxy) is 1. The summed E-state index contributed by atoms with van der Waals surface area (Å²) in [5, 5.41) is 9.63. The molecule has 0 amide bonds. The van der Waals surface area contributed by atoms with Crippen LogP contribution >= 0.6 is 0 Å². The molecule has 1 N–H and O–H groups in total. The minimum absolute atomic E-state index is 0.0183. The van der Waals surface area contributed by atoms with Crippen LogP contribution in [0.15, 0.2) is 11.1 Å². The monoisotopic (exact) mass is 723 g/mol. The molecule has 2 unspecified atom stereocenters. The highest BCUT2D eigenvalue weighted by molar-refractivity contribution is 6.00. The van der Waals surface area contributed by atoms with E-state index in [2.05, 4.69) is 72.4 Å². The van der Waals surface area contributed by atoms with Gasteiger partial charge in [-0.15, -0.1) is 0 Å². The summed E-state index contributed by atoms with van der Waals surface area (Å²) < 4.78 is 6.20. The maximum absolute atomic E-state index is 14.2. The number of fused-ring (bicyclic) bond motifs is 7. The van der Waals surface area contributed by atoms with Crippen LogP contribution in [-0.2, 0) is 19.1 Å². The minimum atomic E-state index is -1.14. The predicted octanol–water partition coefficient (Wildman–Crippen LogP) is 9.19. The van der Waals surface area contributed by atoms with Crippen molar-refractivity contribution in [2.24, 2.45) is 56.2 Å². The second-order valence-electron chi connectivity index (χ2n) is 21.4. The molecule has 0 aromatic rings. The lowest BCUT2D eigenvalue weighted by molar-refractivity contribution is -0.233. The van der Waals surface area contributed by atoms with Crippen molar-refractivity contribution in [2.45, 2.75) is 164 Å². The summed E-state index contributed by atoms with van der Waals surface area (Å²) in [6.45, 7) is 23.6. The summed E-state index contributed by atoms with van der Waals surface area (Å²) in [5.41, 5.74) is 1.94. The fourth-order valence-electron chi connectivity index (χ4n) is 13.8. The Balaban J connectivity index is 1.26. The molecule has 5 fully saturated rings. The smallest absolute Gasteiger partial charge is 0.309 e. The third kappa shape index (κ3) is 6.36. The first kappa shape index (κ1) is 39.9. The zero-order valence-corrected chi connectivity index (χ0v) is 35.0. The third-order valence-corrected chi connectivity index (χ3v) is 17.3. The lowest BCUT2D eigenvalue weighted by atomic mass is 9.33. The van der Waals surface area contributed by atoms with E-state index in [1.165, 1.54) is 50.5 Å². The van der Waals surface area contributed by atoms with Crippen LogP contribution in [0.25, 0.3) is 0 Å². The topological polar surface area (TPSA) is 87.2 Å². The van der Waals surface area contributed by atoms with Crippen LogP contribution in [0.4, 0.5) is 0 Å². The summed E-state index contributed by atoms with van der Waals surface area (Å²) in [4.78, 5) is 44.2. The number of carboxylic acid groups (broad SMARTS) is 1. The van der Waals surface area contributed by atoms with E-state index in [-0.39, 0.29) is 51.5 Å². The quantitative estimate of drug-likeness (QED) is 0.201. The van der Waals surface area contributed by atoms with Crippen LogP contribution < -0.4 is 0 Å². The number of allylic oxidation sites excluding steroid dienone is 2. The summed E-state index contributed by atoms with van der Waals surface area (Å²) in [6.07, 6.45) is 14.4. The van der Waals surface area contributed by atoms with Gasteiger partial charge in [0.25, 0.3) is 0 Å². The standard InChI is InChI=1S/C45H74N2O5/c1-29(2)37-32(48)27-45(23-24-47(26-25-46(10)11)30-13-12-14-30)22-21-43(8)31(38(37)45)15-16-34-42(7)19-18-35(52-36(49)28-40(3,4)39(50)51)41(5,6)33(42)17-20-44(34,43)9/h29-31,33-35H,12-28H2,1-11H3,(H,50,51)/t31-,33?,34?,35+,42+,43-,44-,45-/m1/s1. The summed E-state index contributed by atoms with van der Waals surface area (Å²) >= 11 is 0. The number of Topliss-reactive ketones (excluding diaryl/α,β-unsaturated/α-hetero) is 1. The highest BCUT2D eigenvalue weighted by Crippen LogP contribution is 2.77. The van der Waals surface area contributed by atoms with Crippen LogP contribution in [0.1, 0.15) is 152 Å². The van der Waals surface area contributed by atoms with E-state index < -0.39 is 11.4 Å². The Kier molecular flexibility index (Phi) is 10.6. The Labute approximate surface area is 316 Å². The molecular weight excluding hydrogens is 649 g/mol. The van der Waals surface area contributed by atoms with Crippen LogP contribution in [0.5, 0.6) is 0 Å². The van der Waals surface area contributed by atoms with Crippen LogP contribution in [0.3, 0.4) is 0 Å². The molecule has 0 bridgehead atoms. The lowest BCUT2D eigenvalue weighted by Crippen LogP contribution is -2.65. The van der Waals surface area contributed by atoms with Crippen LogP contribution in [0, 0.1) is 56.2 Å². The maximum atomic E-state index is 14.2. The molecule has 7 nitrogen and oxygen atoms in total. The van der Waals surface area contributed by atoms with Crippen molar-refractivity contribution in [3.8, 4) is 0 Å². The average Bonchev–Trinajstić information content (AvgIpc) is 3.31. The van der Waals surface area contributed by atoms with E-state index in [9.17, 15) is 19.5 Å². The molecule has 52 heavy (non-hydrogen) atoms. The molecule has 0 spiro atoms. The molecule has 0 saturated heterocycles. The Morgan fingerprint density at radius 2 is 1.56 bits per heavy atom. The van der Waals surface area contributed by atoms with Crippen molar-refractivity contribution in [3.05, 3.63) is 11.1 Å². The van der Waals surface area contributed by atoms with Gasteiger partial charge in [-0.1, -0.05) is 60.5 Å². The molecule has 5 saturated carbocycles. The van der Waals surface area contributed by atoms with E-state index in [1.807, 2.05) is 0 Å². The fourth-order valence-corrected chi connectivity index (χ4v) is 13.8. The number of hydrogen-bond acceptors (Lipinski definition) is 6. The van der Waals surface area contributed by atoms with E-state index in [0.29, 0.717) is 29.6 Å². The van der Waals surface area contributed by atoms with E-state index in [1.54, 1.807) is 19.4 Å². The van der Waals surface area contributed by atoms with Gasteiger partial charge in [0, 0.05) is 36.4 Å². The Bertz CT molecular complexity index is 1440. The van der Waals surface area contributed by atoms with Crippen molar-refractivity contribution in [3.63, 3.8) is 0 Å². The zero-order chi connectivity index (χ0) is 38.2. The first-order valence-corrected chi connectivity index (χ1v) is 21.2. The van der Waals surface area contributed by atoms with E-state index in [4.69, 9.17) is 4.74 Å². The summed E-state index contributed by atoms with van der Waals surface area (Å²) in [5.74, 6) is 0.830. The number of nitrogens with zero attached hydrogens (tertiary/aromatic N) is 2. The molecule has 7 heteroatoms. The number of carboxylic acids is 1. The Hall–Kier alpha value is -1.73. The van der Waals surface area contributed by atoms with Crippen molar-refractivity contribution < 1.29 is 24.2 Å². The number of carbonyl (C=O) groups excluding carboxylic acids is 2. The number of hydrogen-bond donors (Lipinski definition) is 1. The third-order valence-electron chi connectivity index (χ3n) is 17.3. The van der Waals surface area contributed by atoms with Crippen molar-refractivity contribution >= 4 is 17.7 Å². The highest BCUT2D eigenvalue weighted by Gasteiger charge is 2.70. The zero-order valence-electron chi connectivity index (χ0n) is 35.0. The lowest BCUT2D eigenvalue weighted by Gasteiger charge is -2.72. The van der Waals surface area contributed by atoms with Gasteiger partial charge < -0.3 is 14.7 Å². The normalized spacial score (nSPS) is 38.8. The van der Waals surface area contributed by atoms with Gasteiger partial charge in [0.15, 0.2) is 5.78 Å². The molecule has 6 rings (SSSR count). The SMILES string of the molecule is CC(C)C1=C2[C@H]3CCC4[C@@]5(C)CC[C@H](OC(=O)CC(C)(C)C(=O)O)C(C)(C)C5CC[C@@]4(C)[C@]3(C)CC[C@@]2(CCN(CCN(C)C)C2CCC2)CC1=O. The van der Waals surface area contributed by atoms with Crippen molar-refractivity contribution in [1.82, 2.24) is 9.80 Å². The van der Waals surface area contributed by atoms with Gasteiger partial charge in [-0.2, -0.15) is 0 Å². The fraction of sp³-hybridized carbons (Fsp3) is 0.889. The molecule has 0 radical (unpaired) electrons. The number of rotatable bonds is 12. The van der Waals surface area contributed by atoms with E-state index in [0.717, 1.165) is 58.2 Å². The van der Waals surface area contributed by atoms with Gasteiger partial charge in [0.05, 0.1) is 11.8 Å². The Morgan fingerprint density at radius 3 is 2.15 bits per heavy atom. The Morgan fingerprint density at radius 1 is 0.865 bits per heavy atom. The van der Waals surface area contributed by atoms with E-state index >= 15 is 0 Å². The number of ketones is 1. The molecule has 294 valence electrons. The van der Waals surface area contributed by atoms with Gasteiger partial charge >= 0.3 is 11.9 Å². The number of esters is 1. The van der Waals surface area contributed by atoms with Gasteiger partial charge in [0.1, 0.15) is 6.10 Å². The predicted molar refractivity (Wildman–Crippen MR) is 208 cm³/mol. The second kappa shape index (κ2) is 13.8. The van der Waals surface area contributed by atoms with Gasteiger partial charge in [-0.3, -0.25) is 19.3 Å². The molecule has 0 heterocycles. The van der Waals surface area contributed by atoms with Gasteiger partial charge in [-0.05, 0) is 151 Å².